The predicted molar refractivity (Wildman–Crippen MR) is 74.8 cm³/mol. The van der Waals surface area contributed by atoms with Gasteiger partial charge in [-0.15, -0.1) is 0 Å². The molecule has 0 radical (unpaired) electrons. The maximum atomic E-state index is 5.90. The monoisotopic (exact) mass is 314 g/mol. The minimum atomic E-state index is 0.156. The van der Waals surface area contributed by atoms with Crippen LogP contribution in [0.2, 0.25) is 0 Å². The number of hydrogen-bond donors (Lipinski definition) is 0. The van der Waals surface area contributed by atoms with Gasteiger partial charge in [-0.25, -0.2) is 0 Å². The van der Waals surface area contributed by atoms with Gasteiger partial charge in [0.25, 0.3) is 0 Å². The van der Waals surface area contributed by atoms with Crippen LogP contribution in [0.15, 0.2) is 18.2 Å². The zero-order valence-corrected chi connectivity index (χ0v) is 12.6. The summed E-state index contributed by atoms with van der Waals surface area (Å²) >= 11 is 3.73. The van der Waals surface area contributed by atoms with E-state index in [0.29, 0.717) is 6.10 Å². The molecule has 4 heteroatoms. The Morgan fingerprint density at radius 2 is 2.06 bits per heavy atom. The van der Waals surface area contributed by atoms with Crippen LogP contribution in [-0.4, -0.2) is 26.4 Å². The van der Waals surface area contributed by atoms with E-state index in [-0.39, 0.29) is 10.9 Å². The molecule has 1 aliphatic rings. The second-order valence-corrected chi connectivity index (χ2v) is 5.56. The van der Waals surface area contributed by atoms with E-state index in [1.54, 1.807) is 14.2 Å². The summed E-state index contributed by atoms with van der Waals surface area (Å²) in [6.45, 7) is 2.12. The van der Waals surface area contributed by atoms with Crippen LogP contribution < -0.4 is 9.47 Å². The highest BCUT2D eigenvalue weighted by Gasteiger charge is 2.30. The lowest BCUT2D eigenvalue weighted by atomic mass is 10.0. The highest BCUT2D eigenvalue weighted by molar-refractivity contribution is 9.09. The van der Waals surface area contributed by atoms with Gasteiger partial charge in [0.1, 0.15) is 11.5 Å². The van der Waals surface area contributed by atoms with Crippen LogP contribution in [0, 0.1) is 0 Å². The molecule has 0 bridgehead atoms. The van der Waals surface area contributed by atoms with E-state index in [2.05, 4.69) is 22.9 Å². The Morgan fingerprint density at radius 1 is 1.28 bits per heavy atom. The van der Waals surface area contributed by atoms with Gasteiger partial charge in [0.2, 0.25) is 0 Å². The first-order valence-corrected chi connectivity index (χ1v) is 7.08. The third-order valence-corrected chi connectivity index (χ3v) is 4.41. The van der Waals surface area contributed by atoms with Crippen molar-refractivity contribution in [1.82, 2.24) is 0 Å². The van der Waals surface area contributed by atoms with Gasteiger partial charge in [-0.1, -0.05) is 22.0 Å². The maximum Gasteiger partial charge on any atom is 0.126 e. The van der Waals surface area contributed by atoms with Gasteiger partial charge in [-0.05, 0) is 25.8 Å². The molecular formula is C14H19BrO3. The molecule has 3 nitrogen and oxygen atoms in total. The van der Waals surface area contributed by atoms with Crippen molar-refractivity contribution >= 4 is 15.9 Å². The highest BCUT2D eigenvalue weighted by atomic mass is 79.9. The predicted octanol–water partition coefficient (Wildman–Crippen LogP) is 3.71. The lowest BCUT2D eigenvalue weighted by Crippen LogP contribution is -2.15. The maximum absolute atomic E-state index is 5.90. The average Bonchev–Trinajstić information content (AvgIpc) is 2.83. The van der Waals surface area contributed by atoms with E-state index in [0.717, 1.165) is 29.9 Å². The normalized spacial score (nSPS) is 24.9. The van der Waals surface area contributed by atoms with Gasteiger partial charge in [0, 0.05) is 11.6 Å². The molecule has 100 valence electrons. The van der Waals surface area contributed by atoms with Gasteiger partial charge in [0.15, 0.2) is 0 Å². The van der Waals surface area contributed by atoms with Gasteiger partial charge in [-0.2, -0.15) is 0 Å². The van der Waals surface area contributed by atoms with Crippen LogP contribution in [0.4, 0.5) is 0 Å². The molecule has 0 aliphatic carbocycles. The molecule has 0 spiro atoms. The van der Waals surface area contributed by atoms with Crippen LogP contribution >= 0.6 is 15.9 Å². The van der Waals surface area contributed by atoms with E-state index in [9.17, 15) is 0 Å². The molecule has 1 saturated heterocycles. The smallest absolute Gasteiger partial charge is 0.126 e. The summed E-state index contributed by atoms with van der Waals surface area (Å²) in [7, 11) is 3.33. The molecule has 0 saturated carbocycles. The van der Waals surface area contributed by atoms with Crippen LogP contribution in [0.25, 0.3) is 0 Å². The van der Waals surface area contributed by atoms with E-state index in [1.165, 1.54) is 0 Å². The Morgan fingerprint density at radius 3 is 2.61 bits per heavy atom. The first kappa shape index (κ1) is 13.7. The molecule has 1 aromatic carbocycles. The van der Waals surface area contributed by atoms with Gasteiger partial charge in [0.05, 0.1) is 31.3 Å². The van der Waals surface area contributed by atoms with Crippen LogP contribution in [0.1, 0.15) is 30.2 Å². The van der Waals surface area contributed by atoms with Crippen molar-refractivity contribution in [2.24, 2.45) is 0 Å². The molecule has 1 aromatic rings. The summed E-state index contributed by atoms with van der Waals surface area (Å²) in [5.74, 6) is 1.63. The molecule has 1 fully saturated rings. The van der Waals surface area contributed by atoms with Crippen molar-refractivity contribution in [1.29, 1.82) is 0 Å². The summed E-state index contributed by atoms with van der Waals surface area (Å²) in [5, 5.41) is 0. The van der Waals surface area contributed by atoms with Crippen LogP contribution in [0.5, 0.6) is 11.5 Å². The van der Waals surface area contributed by atoms with E-state index >= 15 is 0 Å². The van der Waals surface area contributed by atoms with Crippen molar-refractivity contribution < 1.29 is 14.2 Å². The third-order valence-electron chi connectivity index (χ3n) is 3.33. The summed E-state index contributed by atoms with van der Waals surface area (Å²) in [4.78, 5) is 0.156. The summed E-state index contributed by atoms with van der Waals surface area (Å²) < 4.78 is 16.5. The first-order chi connectivity index (χ1) is 8.65. The molecule has 0 aromatic heterocycles. The summed E-state index contributed by atoms with van der Waals surface area (Å²) in [6.07, 6.45) is 2.75. The van der Waals surface area contributed by atoms with Crippen LogP contribution in [0.3, 0.4) is 0 Å². The van der Waals surface area contributed by atoms with Crippen LogP contribution in [-0.2, 0) is 4.74 Å². The lowest BCUT2D eigenvalue weighted by molar-refractivity contribution is 0.0553. The Labute approximate surface area is 117 Å². The summed E-state index contributed by atoms with van der Waals surface area (Å²) in [5.41, 5.74) is 1.11. The van der Waals surface area contributed by atoms with Gasteiger partial charge >= 0.3 is 0 Å². The molecule has 18 heavy (non-hydrogen) atoms. The number of ether oxygens (including phenoxy) is 3. The summed E-state index contributed by atoms with van der Waals surface area (Å²) in [6, 6.07) is 5.88. The van der Waals surface area contributed by atoms with E-state index in [1.807, 2.05) is 18.2 Å². The molecule has 3 unspecified atom stereocenters. The van der Waals surface area contributed by atoms with Crippen molar-refractivity contribution in [3.05, 3.63) is 23.8 Å². The quantitative estimate of drug-likeness (QED) is 0.793. The van der Waals surface area contributed by atoms with Crippen molar-refractivity contribution in [3.8, 4) is 11.5 Å². The fourth-order valence-corrected chi connectivity index (χ4v) is 3.06. The van der Waals surface area contributed by atoms with E-state index < -0.39 is 0 Å². The Kier molecular flexibility index (Phi) is 4.51. The number of methoxy groups -OCH3 is 2. The Hall–Kier alpha value is -0.740. The standard InChI is InChI=1S/C14H19BrO3/c1-9-4-7-12(18-9)14(15)11-6-5-10(16-2)8-13(11)17-3/h5-6,8-9,12,14H,4,7H2,1-3H3. The molecule has 0 N–H and O–H groups in total. The molecule has 2 rings (SSSR count). The number of rotatable bonds is 4. The fourth-order valence-electron chi connectivity index (χ4n) is 2.30. The zero-order chi connectivity index (χ0) is 13.1. The SMILES string of the molecule is COc1ccc(C(Br)C2CCC(C)O2)c(OC)c1. The lowest BCUT2D eigenvalue weighted by Gasteiger charge is -2.20. The molecule has 3 atom stereocenters. The number of benzene rings is 1. The minimum absolute atomic E-state index is 0.156. The molecular weight excluding hydrogens is 296 g/mol. The largest absolute Gasteiger partial charge is 0.497 e. The Bertz CT molecular complexity index is 408. The van der Waals surface area contributed by atoms with Gasteiger partial charge < -0.3 is 14.2 Å². The third kappa shape index (κ3) is 2.81. The first-order valence-electron chi connectivity index (χ1n) is 6.17. The average molecular weight is 315 g/mol. The number of alkyl halides is 1. The molecule has 0 amide bonds. The molecule has 1 aliphatic heterocycles. The van der Waals surface area contributed by atoms with Gasteiger partial charge in [-0.3, -0.25) is 0 Å². The van der Waals surface area contributed by atoms with Crippen molar-refractivity contribution in [2.75, 3.05) is 14.2 Å². The van der Waals surface area contributed by atoms with Crippen molar-refractivity contribution in [3.63, 3.8) is 0 Å². The topological polar surface area (TPSA) is 27.7 Å². The minimum Gasteiger partial charge on any atom is -0.497 e. The number of halogens is 1. The van der Waals surface area contributed by atoms with E-state index in [4.69, 9.17) is 14.2 Å². The highest BCUT2D eigenvalue weighted by Crippen LogP contribution is 2.41. The zero-order valence-electron chi connectivity index (χ0n) is 11.0. The fraction of sp³-hybridized carbons (Fsp3) is 0.571. The number of hydrogen-bond acceptors (Lipinski definition) is 3. The second kappa shape index (κ2) is 5.93. The Balaban J connectivity index is 2.21. The second-order valence-electron chi connectivity index (χ2n) is 4.57. The van der Waals surface area contributed by atoms with Crippen molar-refractivity contribution in [2.45, 2.75) is 36.8 Å². The molecule has 1 heterocycles.